The van der Waals surface area contributed by atoms with Gasteiger partial charge in [-0.05, 0) is 6.07 Å². The van der Waals surface area contributed by atoms with Gasteiger partial charge in [0.2, 0.25) is 0 Å². The maximum Gasteiger partial charge on any atom is 0.141 e. The van der Waals surface area contributed by atoms with Crippen molar-refractivity contribution in [3.05, 3.63) is 76.3 Å². The molecule has 2 aromatic rings. The molecule has 1 unspecified atom stereocenters. The first-order valence-corrected chi connectivity index (χ1v) is 7.65. The molecule has 5 rings (SSSR count). The number of rotatable bonds is 0. The van der Waals surface area contributed by atoms with Crippen LogP contribution in [0, 0.1) is 11.3 Å². The molecule has 4 heteroatoms. The van der Waals surface area contributed by atoms with Crippen LogP contribution >= 0.6 is 0 Å². The van der Waals surface area contributed by atoms with Crippen molar-refractivity contribution >= 4 is 18.1 Å². The van der Waals surface area contributed by atoms with Crippen LogP contribution in [0.3, 0.4) is 0 Å². The van der Waals surface area contributed by atoms with Gasteiger partial charge in [-0.15, -0.1) is 0 Å². The molecular formula is C19H14N4. The van der Waals surface area contributed by atoms with Crippen LogP contribution in [0.1, 0.15) is 5.56 Å². The van der Waals surface area contributed by atoms with Gasteiger partial charge in [0.1, 0.15) is 5.54 Å². The summed E-state index contributed by atoms with van der Waals surface area (Å²) in [5, 5.41) is 19.7. The fourth-order valence-electron chi connectivity index (χ4n) is 3.80. The van der Waals surface area contributed by atoms with Crippen LogP contribution in [-0.2, 0) is 5.54 Å². The quantitative estimate of drug-likeness (QED) is 0.799. The van der Waals surface area contributed by atoms with Gasteiger partial charge < -0.3 is 5.32 Å². The smallest absolute Gasteiger partial charge is 0.141 e. The van der Waals surface area contributed by atoms with E-state index >= 15 is 0 Å². The van der Waals surface area contributed by atoms with Gasteiger partial charge in [0.05, 0.1) is 11.6 Å². The fraction of sp³-hybridized carbons (Fsp3) is 0.105. The number of hydrazine groups is 1. The molecule has 1 atom stereocenters. The van der Waals surface area contributed by atoms with E-state index in [9.17, 15) is 5.26 Å². The molecule has 2 aromatic carbocycles. The second-order valence-electron chi connectivity index (χ2n) is 6.03. The summed E-state index contributed by atoms with van der Waals surface area (Å²) in [6.45, 7) is 0.689. The first-order valence-electron chi connectivity index (χ1n) is 7.65. The molecule has 23 heavy (non-hydrogen) atoms. The highest BCUT2D eigenvalue weighted by molar-refractivity contribution is 5.67. The maximum atomic E-state index is 9.75. The molecular weight excluding hydrogens is 284 g/mol. The third kappa shape index (κ3) is 1.44. The Kier molecular flexibility index (Phi) is 2.24. The average Bonchev–Trinajstić information content (AvgIpc) is 3.13. The monoisotopic (exact) mass is 298 g/mol. The Hall–Kier alpha value is -3.19. The molecule has 0 radical (unpaired) electrons. The lowest BCUT2D eigenvalue weighted by Crippen LogP contribution is -2.50. The molecule has 0 saturated carbocycles. The van der Waals surface area contributed by atoms with Gasteiger partial charge >= 0.3 is 0 Å². The molecule has 0 fully saturated rings. The number of para-hydroxylation sites is 1. The minimum atomic E-state index is -0.463. The summed E-state index contributed by atoms with van der Waals surface area (Å²) in [5.74, 6) is 0. The molecule has 1 N–H and O–H groups in total. The number of nitrogens with one attached hydrogen (secondary N) is 1. The molecule has 3 heterocycles. The van der Waals surface area contributed by atoms with Crippen molar-refractivity contribution in [3.8, 4) is 6.07 Å². The van der Waals surface area contributed by atoms with Gasteiger partial charge in [0.25, 0.3) is 0 Å². The second kappa shape index (κ2) is 4.17. The zero-order chi connectivity index (χ0) is 15.4. The van der Waals surface area contributed by atoms with E-state index < -0.39 is 5.54 Å². The van der Waals surface area contributed by atoms with Crippen molar-refractivity contribution in [3.63, 3.8) is 0 Å². The van der Waals surface area contributed by atoms with Gasteiger partial charge in [0, 0.05) is 46.8 Å². The van der Waals surface area contributed by atoms with Gasteiger partial charge in [-0.25, -0.2) is 0 Å². The number of nitriles is 1. The molecule has 0 amide bonds. The van der Waals surface area contributed by atoms with Gasteiger partial charge in [-0.3, -0.25) is 10.0 Å². The van der Waals surface area contributed by atoms with Crippen LogP contribution in [-0.4, -0.2) is 16.6 Å². The summed E-state index contributed by atoms with van der Waals surface area (Å²) in [7, 11) is 0. The molecule has 0 saturated heterocycles. The Balaban J connectivity index is 1.79. The first kappa shape index (κ1) is 12.4. The highest BCUT2D eigenvalue weighted by Crippen LogP contribution is 2.49. The van der Waals surface area contributed by atoms with Crippen LogP contribution in [0.4, 0.5) is 5.69 Å². The summed E-state index contributed by atoms with van der Waals surface area (Å²) in [5.41, 5.74) is 2.55. The van der Waals surface area contributed by atoms with Gasteiger partial charge in [-0.1, -0.05) is 42.5 Å². The first-order chi connectivity index (χ1) is 11.3. The van der Waals surface area contributed by atoms with E-state index in [1.165, 1.54) is 5.22 Å². The predicted octanol–water partition coefficient (Wildman–Crippen LogP) is 1.44. The molecule has 3 aliphatic heterocycles. The van der Waals surface area contributed by atoms with Crippen molar-refractivity contribution in [1.29, 1.82) is 5.26 Å². The van der Waals surface area contributed by atoms with E-state index in [0.717, 1.165) is 22.0 Å². The minimum Gasteiger partial charge on any atom is -0.382 e. The van der Waals surface area contributed by atoms with E-state index in [2.05, 4.69) is 53.1 Å². The molecule has 0 aliphatic carbocycles. The van der Waals surface area contributed by atoms with Crippen molar-refractivity contribution < 1.29 is 0 Å². The largest absolute Gasteiger partial charge is 0.382 e. The lowest BCUT2D eigenvalue weighted by molar-refractivity contribution is 0.101. The molecule has 4 nitrogen and oxygen atoms in total. The van der Waals surface area contributed by atoms with Crippen molar-refractivity contribution in [1.82, 2.24) is 10.0 Å². The highest BCUT2D eigenvalue weighted by atomic mass is 15.7. The summed E-state index contributed by atoms with van der Waals surface area (Å²) >= 11 is 0. The summed E-state index contributed by atoms with van der Waals surface area (Å²) in [4.78, 5) is 0. The van der Waals surface area contributed by atoms with E-state index in [1.54, 1.807) is 0 Å². The molecule has 110 valence electrons. The van der Waals surface area contributed by atoms with Gasteiger partial charge in [-0.2, -0.15) is 5.26 Å². The number of hydrogen-bond donors (Lipinski definition) is 1. The van der Waals surface area contributed by atoms with Crippen LogP contribution in [0.15, 0.2) is 60.3 Å². The molecule has 3 aliphatic rings. The van der Waals surface area contributed by atoms with Crippen molar-refractivity contribution in [2.24, 2.45) is 0 Å². The number of fused-ring (bicyclic) bond motifs is 5. The number of nitrogens with zero attached hydrogens (tertiary/aromatic N) is 3. The van der Waals surface area contributed by atoms with Crippen LogP contribution in [0.5, 0.6) is 0 Å². The number of anilines is 1. The third-order valence-corrected chi connectivity index (χ3v) is 4.90. The van der Waals surface area contributed by atoms with Crippen molar-refractivity contribution in [2.75, 3.05) is 11.9 Å². The number of benzene rings is 2. The maximum absolute atomic E-state index is 9.75. The normalized spacial score (nSPS) is 23.0. The minimum absolute atomic E-state index is 0.463. The number of hydrogen-bond acceptors (Lipinski definition) is 4. The summed E-state index contributed by atoms with van der Waals surface area (Å²) in [6.07, 6.45) is 6.17. The standard InChI is InChI=1S/C19H14N4/c20-9-16-12-22-10-14-5-1-2-6-15(14)11-23(22)19(16)13-21-18-8-4-3-7-17(18)19/h1-8,10-12,21H,13H2. The van der Waals surface area contributed by atoms with Crippen LogP contribution in [0.25, 0.3) is 12.4 Å². The van der Waals surface area contributed by atoms with E-state index in [4.69, 9.17) is 0 Å². The van der Waals surface area contributed by atoms with E-state index in [1.807, 2.05) is 35.5 Å². The Morgan fingerprint density at radius 2 is 1.70 bits per heavy atom. The Morgan fingerprint density at radius 1 is 0.957 bits per heavy atom. The molecule has 1 spiro atoms. The fourth-order valence-corrected chi connectivity index (χ4v) is 3.80. The zero-order valence-corrected chi connectivity index (χ0v) is 12.4. The lowest BCUT2D eigenvalue weighted by Gasteiger charge is -2.39. The SMILES string of the molecule is N#CC1=CN2C=c3ccccc3=CN2C12CNc1ccccc12. The summed E-state index contributed by atoms with van der Waals surface area (Å²) in [6, 6.07) is 18.9. The summed E-state index contributed by atoms with van der Waals surface area (Å²) < 4.78 is 0. The average molecular weight is 298 g/mol. The van der Waals surface area contributed by atoms with E-state index in [-0.39, 0.29) is 0 Å². The second-order valence-corrected chi connectivity index (χ2v) is 6.03. The van der Waals surface area contributed by atoms with Crippen molar-refractivity contribution in [2.45, 2.75) is 5.54 Å². The topological polar surface area (TPSA) is 42.3 Å². The Bertz CT molecular complexity index is 1010. The Labute approximate surface area is 133 Å². The molecule has 0 bridgehead atoms. The van der Waals surface area contributed by atoms with Gasteiger partial charge in [0.15, 0.2) is 0 Å². The predicted molar refractivity (Wildman–Crippen MR) is 88.6 cm³/mol. The van der Waals surface area contributed by atoms with Crippen LogP contribution in [0.2, 0.25) is 0 Å². The lowest BCUT2D eigenvalue weighted by atomic mass is 9.85. The van der Waals surface area contributed by atoms with E-state index in [0.29, 0.717) is 6.54 Å². The zero-order valence-electron chi connectivity index (χ0n) is 12.4. The molecule has 0 aromatic heterocycles. The third-order valence-electron chi connectivity index (χ3n) is 4.90. The Morgan fingerprint density at radius 3 is 2.52 bits per heavy atom. The highest BCUT2D eigenvalue weighted by Gasteiger charge is 2.52. The van der Waals surface area contributed by atoms with Crippen LogP contribution < -0.4 is 15.8 Å².